The van der Waals surface area contributed by atoms with Crippen LogP contribution < -0.4 is 10.5 Å². The van der Waals surface area contributed by atoms with Gasteiger partial charge in [-0.1, -0.05) is 12.1 Å². The first-order valence-corrected chi connectivity index (χ1v) is 9.86. The fourth-order valence-electron chi connectivity index (χ4n) is 2.38. The molecule has 26 heavy (non-hydrogen) atoms. The Morgan fingerprint density at radius 3 is 2.31 bits per heavy atom. The predicted molar refractivity (Wildman–Crippen MR) is 100.0 cm³/mol. The van der Waals surface area contributed by atoms with Crippen LogP contribution in [0, 0.1) is 0 Å². The minimum atomic E-state index is -3.66. The van der Waals surface area contributed by atoms with Gasteiger partial charge in [-0.3, -0.25) is 9.78 Å². The van der Waals surface area contributed by atoms with Crippen LogP contribution in [0.15, 0.2) is 53.7 Å². The minimum absolute atomic E-state index is 0.0311. The molecule has 0 atom stereocenters. The molecule has 1 aromatic carbocycles. The molecule has 3 N–H and O–H groups in total. The Balaban J connectivity index is 1.67. The SMILES string of the molecule is CN(CCc1ccncc1)C(=O)CNCCc1ccc(S(N)(=O)=O)cc1. The highest BCUT2D eigenvalue weighted by Gasteiger charge is 2.09. The van der Waals surface area contributed by atoms with E-state index in [9.17, 15) is 13.2 Å². The molecule has 1 heterocycles. The number of hydrogen-bond acceptors (Lipinski definition) is 5. The number of nitrogens with zero attached hydrogens (tertiary/aromatic N) is 2. The average Bonchev–Trinajstić information content (AvgIpc) is 2.63. The number of pyridine rings is 1. The highest BCUT2D eigenvalue weighted by molar-refractivity contribution is 7.89. The summed E-state index contributed by atoms with van der Waals surface area (Å²) in [5.41, 5.74) is 2.12. The molecule has 0 saturated heterocycles. The predicted octanol–water partition coefficient (Wildman–Crippen LogP) is 0.562. The first kappa shape index (κ1) is 20.0. The maximum absolute atomic E-state index is 12.1. The topological polar surface area (TPSA) is 105 Å². The third kappa shape index (κ3) is 6.55. The van der Waals surface area contributed by atoms with E-state index in [1.165, 1.54) is 12.1 Å². The fraction of sp³-hybridized carbons (Fsp3) is 0.333. The molecule has 2 aromatic rings. The molecular weight excluding hydrogens is 352 g/mol. The lowest BCUT2D eigenvalue weighted by Crippen LogP contribution is -2.37. The monoisotopic (exact) mass is 376 g/mol. The van der Waals surface area contributed by atoms with Crippen LogP contribution in [-0.2, 0) is 27.7 Å². The van der Waals surface area contributed by atoms with Crippen LogP contribution in [0.3, 0.4) is 0 Å². The van der Waals surface area contributed by atoms with E-state index in [1.54, 1.807) is 36.5 Å². The summed E-state index contributed by atoms with van der Waals surface area (Å²) < 4.78 is 22.4. The zero-order chi connectivity index (χ0) is 19.0. The van der Waals surface area contributed by atoms with Crippen molar-refractivity contribution in [2.45, 2.75) is 17.7 Å². The number of amides is 1. The van der Waals surface area contributed by atoms with Gasteiger partial charge in [-0.2, -0.15) is 0 Å². The molecule has 0 spiro atoms. The second-order valence-corrected chi connectivity index (χ2v) is 7.60. The second-order valence-electron chi connectivity index (χ2n) is 6.04. The number of nitrogens with one attached hydrogen (secondary N) is 1. The molecule has 1 amide bonds. The third-order valence-electron chi connectivity index (χ3n) is 4.03. The van der Waals surface area contributed by atoms with Gasteiger partial charge in [0, 0.05) is 26.0 Å². The summed E-state index contributed by atoms with van der Waals surface area (Å²) in [5, 5.41) is 8.18. The van der Waals surface area contributed by atoms with E-state index < -0.39 is 10.0 Å². The van der Waals surface area contributed by atoms with E-state index in [-0.39, 0.29) is 17.3 Å². The van der Waals surface area contributed by atoms with Crippen molar-refractivity contribution in [2.24, 2.45) is 5.14 Å². The van der Waals surface area contributed by atoms with Crippen molar-refractivity contribution >= 4 is 15.9 Å². The molecule has 0 bridgehead atoms. The maximum Gasteiger partial charge on any atom is 0.238 e. The van der Waals surface area contributed by atoms with Crippen molar-refractivity contribution in [1.29, 1.82) is 0 Å². The van der Waals surface area contributed by atoms with Gasteiger partial charge in [0.1, 0.15) is 0 Å². The number of likely N-dealkylation sites (N-methyl/N-ethyl adjacent to an activating group) is 1. The lowest BCUT2D eigenvalue weighted by atomic mass is 10.1. The summed E-state index contributed by atoms with van der Waals surface area (Å²) in [6.45, 7) is 1.54. The smallest absolute Gasteiger partial charge is 0.238 e. The van der Waals surface area contributed by atoms with E-state index in [1.807, 2.05) is 12.1 Å². The summed E-state index contributed by atoms with van der Waals surface area (Å²) in [4.78, 5) is 17.9. The Morgan fingerprint density at radius 1 is 1.08 bits per heavy atom. The molecular formula is C18H24N4O3S. The van der Waals surface area contributed by atoms with Crippen molar-refractivity contribution in [1.82, 2.24) is 15.2 Å². The minimum Gasteiger partial charge on any atom is -0.344 e. The molecule has 8 heteroatoms. The van der Waals surface area contributed by atoms with Gasteiger partial charge in [0.25, 0.3) is 0 Å². The lowest BCUT2D eigenvalue weighted by Gasteiger charge is -2.17. The van der Waals surface area contributed by atoms with Crippen LogP contribution >= 0.6 is 0 Å². The largest absolute Gasteiger partial charge is 0.344 e. The molecule has 0 saturated carbocycles. The normalized spacial score (nSPS) is 11.3. The number of aromatic nitrogens is 1. The zero-order valence-electron chi connectivity index (χ0n) is 14.8. The molecule has 2 rings (SSSR count). The van der Waals surface area contributed by atoms with Crippen LogP contribution in [-0.4, -0.2) is 50.9 Å². The summed E-state index contributed by atoms with van der Waals surface area (Å²) in [7, 11) is -1.87. The van der Waals surface area contributed by atoms with Gasteiger partial charge in [-0.05, 0) is 54.8 Å². The van der Waals surface area contributed by atoms with E-state index in [0.717, 1.165) is 17.5 Å². The lowest BCUT2D eigenvalue weighted by molar-refractivity contribution is -0.128. The summed E-state index contributed by atoms with van der Waals surface area (Å²) >= 11 is 0. The van der Waals surface area contributed by atoms with E-state index in [2.05, 4.69) is 10.3 Å². The maximum atomic E-state index is 12.1. The average molecular weight is 376 g/mol. The van der Waals surface area contributed by atoms with Gasteiger partial charge in [0.05, 0.1) is 11.4 Å². The number of rotatable bonds is 9. The van der Waals surface area contributed by atoms with Crippen molar-refractivity contribution in [3.8, 4) is 0 Å². The number of primary sulfonamides is 1. The van der Waals surface area contributed by atoms with Gasteiger partial charge in [0.2, 0.25) is 15.9 Å². The number of sulfonamides is 1. The first-order chi connectivity index (χ1) is 12.4. The number of carbonyl (C=O) groups excluding carboxylic acids is 1. The molecule has 0 aliphatic rings. The number of hydrogen-bond donors (Lipinski definition) is 2. The third-order valence-corrected chi connectivity index (χ3v) is 4.96. The highest BCUT2D eigenvalue weighted by Crippen LogP contribution is 2.08. The molecule has 0 aliphatic carbocycles. The fourth-order valence-corrected chi connectivity index (χ4v) is 2.90. The van der Waals surface area contributed by atoms with Crippen molar-refractivity contribution in [3.63, 3.8) is 0 Å². The van der Waals surface area contributed by atoms with Crippen LogP contribution in [0.1, 0.15) is 11.1 Å². The van der Waals surface area contributed by atoms with Crippen molar-refractivity contribution < 1.29 is 13.2 Å². The summed E-state index contributed by atoms with van der Waals surface area (Å²) in [6, 6.07) is 10.3. The van der Waals surface area contributed by atoms with Gasteiger partial charge < -0.3 is 10.2 Å². The molecule has 0 aliphatic heterocycles. The Labute approximate surface area is 154 Å². The highest BCUT2D eigenvalue weighted by atomic mass is 32.2. The molecule has 140 valence electrons. The van der Waals surface area contributed by atoms with Gasteiger partial charge in [-0.15, -0.1) is 0 Å². The number of benzene rings is 1. The van der Waals surface area contributed by atoms with Crippen molar-refractivity contribution in [2.75, 3.05) is 26.7 Å². The van der Waals surface area contributed by atoms with Crippen molar-refractivity contribution in [3.05, 3.63) is 59.9 Å². The summed E-state index contributed by atoms with van der Waals surface area (Å²) in [5.74, 6) is 0.0311. The van der Waals surface area contributed by atoms with E-state index >= 15 is 0 Å². The van der Waals surface area contributed by atoms with Crippen LogP contribution in [0.25, 0.3) is 0 Å². The Bertz CT molecular complexity index is 808. The van der Waals surface area contributed by atoms with Gasteiger partial charge in [-0.25, -0.2) is 13.6 Å². The zero-order valence-corrected chi connectivity index (χ0v) is 15.6. The Hall–Kier alpha value is -2.29. The van der Waals surface area contributed by atoms with E-state index in [4.69, 9.17) is 5.14 Å². The van der Waals surface area contributed by atoms with Crippen LogP contribution in [0.2, 0.25) is 0 Å². The van der Waals surface area contributed by atoms with Crippen LogP contribution in [0.5, 0.6) is 0 Å². The Kier molecular flexibility index (Phi) is 7.26. The quantitative estimate of drug-likeness (QED) is 0.622. The van der Waals surface area contributed by atoms with E-state index in [0.29, 0.717) is 19.5 Å². The second kappa shape index (κ2) is 9.42. The molecule has 0 fully saturated rings. The standard InChI is InChI=1S/C18H24N4O3S/c1-22(13-9-16-6-10-20-11-7-16)18(23)14-21-12-8-15-2-4-17(5-3-15)26(19,24)25/h2-7,10-11,21H,8-9,12-14H2,1H3,(H2,19,24,25). The van der Waals surface area contributed by atoms with Crippen LogP contribution in [0.4, 0.5) is 0 Å². The molecule has 0 unspecified atom stereocenters. The summed E-state index contributed by atoms with van der Waals surface area (Å²) in [6.07, 6.45) is 4.97. The molecule has 7 nitrogen and oxygen atoms in total. The molecule has 0 radical (unpaired) electrons. The van der Waals surface area contributed by atoms with Gasteiger partial charge in [0.15, 0.2) is 0 Å². The molecule has 1 aromatic heterocycles. The Morgan fingerprint density at radius 2 is 1.69 bits per heavy atom. The van der Waals surface area contributed by atoms with Gasteiger partial charge >= 0.3 is 0 Å². The number of nitrogens with two attached hydrogens (primary N) is 1. The number of carbonyl (C=O) groups is 1. The first-order valence-electron chi connectivity index (χ1n) is 8.31.